The highest BCUT2D eigenvalue weighted by atomic mass is 16.5. The van der Waals surface area contributed by atoms with E-state index in [2.05, 4.69) is 5.32 Å². The smallest absolute Gasteiger partial charge is 0.244 e. The van der Waals surface area contributed by atoms with Crippen molar-refractivity contribution in [1.29, 1.82) is 0 Å². The third-order valence-corrected chi connectivity index (χ3v) is 4.18. The molecular formula is C20H23NO3. The lowest BCUT2D eigenvalue weighted by Gasteiger charge is -2.16. The highest BCUT2D eigenvalue weighted by molar-refractivity contribution is 5.91. The molecule has 1 N–H and O–H groups in total. The summed E-state index contributed by atoms with van der Waals surface area (Å²) in [5, 5.41) is 2.89. The average Bonchev–Trinajstić information content (AvgIpc) is 3.24. The van der Waals surface area contributed by atoms with E-state index in [0.717, 1.165) is 29.9 Å². The molecule has 0 unspecified atom stereocenters. The van der Waals surface area contributed by atoms with Crippen molar-refractivity contribution in [3.8, 4) is 5.75 Å². The van der Waals surface area contributed by atoms with Gasteiger partial charge >= 0.3 is 0 Å². The first-order chi connectivity index (χ1) is 11.7. The molecule has 1 aliphatic carbocycles. The van der Waals surface area contributed by atoms with Crippen LogP contribution in [-0.2, 0) is 11.3 Å². The molecule has 2 aromatic rings. The van der Waals surface area contributed by atoms with Crippen molar-refractivity contribution in [2.75, 3.05) is 0 Å². The monoisotopic (exact) mass is 325 g/mol. The van der Waals surface area contributed by atoms with Gasteiger partial charge in [-0.05, 0) is 56.9 Å². The summed E-state index contributed by atoms with van der Waals surface area (Å²) in [6.07, 6.45) is 8.17. The summed E-state index contributed by atoms with van der Waals surface area (Å²) in [5.41, 5.74) is 1.000. The highest BCUT2D eigenvalue weighted by Gasteiger charge is 2.17. The average molecular weight is 325 g/mol. The van der Waals surface area contributed by atoms with Gasteiger partial charge in [-0.25, -0.2) is 0 Å². The zero-order chi connectivity index (χ0) is 16.8. The van der Waals surface area contributed by atoms with Gasteiger partial charge in [0.25, 0.3) is 0 Å². The number of rotatable bonds is 6. The van der Waals surface area contributed by atoms with Gasteiger partial charge in [-0.15, -0.1) is 0 Å². The molecule has 1 heterocycles. The third-order valence-electron chi connectivity index (χ3n) is 4.18. The quantitative estimate of drug-likeness (QED) is 0.808. The van der Waals surface area contributed by atoms with Crippen molar-refractivity contribution in [2.24, 2.45) is 0 Å². The standard InChI is InChI=1S/C20H23NO3/c1-15-10-11-18(23-15)12-13-20(22)21-14-16-6-2-5-9-19(16)24-17-7-3-4-8-17/h2,5-6,9-13,17H,3-4,7-8,14H2,1H3,(H,21,22)/b13-12+. The van der Waals surface area contributed by atoms with Crippen LogP contribution in [0.2, 0.25) is 0 Å². The van der Waals surface area contributed by atoms with E-state index in [4.69, 9.17) is 9.15 Å². The molecule has 3 rings (SSSR count). The van der Waals surface area contributed by atoms with E-state index in [1.807, 2.05) is 43.3 Å². The summed E-state index contributed by atoms with van der Waals surface area (Å²) in [6.45, 7) is 2.32. The van der Waals surface area contributed by atoms with Crippen molar-refractivity contribution in [3.63, 3.8) is 0 Å². The van der Waals surface area contributed by atoms with Gasteiger partial charge < -0.3 is 14.5 Å². The van der Waals surface area contributed by atoms with Crippen LogP contribution in [0.4, 0.5) is 0 Å². The van der Waals surface area contributed by atoms with Crippen molar-refractivity contribution >= 4 is 12.0 Å². The molecule has 1 fully saturated rings. The van der Waals surface area contributed by atoms with Crippen LogP contribution in [0.3, 0.4) is 0 Å². The van der Waals surface area contributed by atoms with E-state index in [1.54, 1.807) is 6.08 Å². The van der Waals surface area contributed by atoms with E-state index < -0.39 is 0 Å². The van der Waals surface area contributed by atoms with Gasteiger partial charge in [-0.2, -0.15) is 0 Å². The first kappa shape index (κ1) is 16.4. The van der Waals surface area contributed by atoms with Crippen LogP contribution < -0.4 is 10.1 Å². The molecule has 1 amide bonds. The Hall–Kier alpha value is -2.49. The molecule has 0 radical (unpaired) electrons. The van der Waals surface area contributed by atoms with Crippen LogP contribution in [0.15, 0.2) is 46.9 Å². The molecule has 1 aliphatic rings. The Morgan fingerprint density at radius 2 is 2.04 bits per heavy atom. The number of furan rings is 1. The van der Waals surface area contributed by atoms with Gasteiger partial charge in [0.05, 0.1) is 6.10 Å². The minimum atomic E-state index is -0.153. The third kappa shape index (κ3) is 4.51. The molecule has 1 saturated carbocycles. The number of aryl methyl sites for hydroxylation is 1. The van der Waals surface area contributed by atoms with Gasteiger partial charge in [0.1, 0.15) is 17.3 Å². The number of para-hydroxylation sites is 1. The normalized spacial score (nSPS) is 15.0. The van der Waals surface area contributed by atoms with Crippen LogP contribution in [0.25, 0.3) is 6.08 Å². The molecule has 1 aromatic carbocycles. The molecule has 0 spiro atoms. The van der Waals surface area contributed by atoms with E-state index >= 15 is 0 Å². The molecule has 24 heavy (non-hydrogen) atoms. The number of carbonyl (C=O) groups is 1. The largest absolute Gasteiger partial charge is 0.490 e. The maximum absolute atomic E-state index is 12.0. The lowest BCUT2D eigenvalue weighted by atomic mass is 10.2. The lowest BCUT2D eigenvalue weighted by molar-refractivity contribution is -0.116. The second-order valence-corrected chi connectivity index (χ2v) is 6.13. The molecule has 0 bridgehead atoms. The Bertz CT molecular complexity index is 711. The van der Waals surface area contributed by atoms with E-state index in [-0.39, 0.29) is 5.91 Å². The minimum absolute atomic E-state index is 0.153. The maximum Gasteiger partial charge on any atom is 0.244 e. The molecule has 126 valence electrons. The van der Waals surface area contributed by atoms with Gasteiger partial charge in [0.15, 0.2) is 0 Å². The number of amides is 1. The van der Waals surface area contributed by atoms with Crippen molar-refractivity contribution in [3.05, 3.63) is 59.6 Å². The van der Waals surface area contributed by atoms with Gasteiger partial charge in [0, 0.05) is 18.2 Å². The van der Waals surface area contributed by atoms with Gasteiger partial charge in [0.2, 0.25) is 5.91 Å². The van der Waals surface area contributed by atoms with Crippen molar-refractivity contribution in [1.82, 2.24) is 5.32 Å². The molecule has 0 atom stereocenters. The minimum Gasteiger partial charge on any atom is -0.490 e. The van der Waals surface area contributed by atoms with Crippen LogP contribution in [0.1, 0.15) is 42.8 Å². The Labute approximate surface area is 142 Å². The van der Waals surface area contributed by atoms with E-state index in [9.17, 15) is 4.79 Å². The second kappa shape index (κ2) is 7.86. The summed E-state index contributed by atoms with van der Waals surface area (Å²) in [4.78, 5) is 12.0. The zero-order valence-corrected chi connectivity index (χ0v) is 14.0. The molecule has 1 aromatic heterocycles. The summed E-state index contributed by atoms with van der Waals surface area (Å²) < 4.78 is 11.5. The van der Waals surface area contributed by atoms with Gasteiger partial charge in [-0.1, -0.05) is 18.2 Å². The fraction of sp³-hybridized carbons (Fsp3) is 0.350. The van der Waals surface area contributed by atoms with E-state index in [1.165, 1.54) is 18.9 Å². The zero-order valence-electron chi connectivity index (χ0n) is 14.0. The second-order valence-electron chi connectivity index (χ2n) is 6.13. The van der Waals surface area contributed by atoms with E-state index in [0.29, 0.717) is 18.4 Å². The lowest BCUT2D eigenvalue weighted by Crippen LogP contribution is -2.21. The molecule has 4 nitrogen and oxygen atoms in total. The predicted molar refractivity (Wildman–Crippen MR) is 93.7 cm³/mol. The molecule has 4 heteroatoms. The maximum atomic E-state index is 12.0. The first-order valence-electron chi connectivity index (χ1n) is 8.47. The topological polar surface area (TPSA) is 51.5 Å². The molecule has 0 saturated heterocycles. The fourth-order valence-electron chi connectivity index (χ4n) is 2.89. The first-order valence-corrected chi connectivity index (χ1v) is 8.47. The highest BCUT2D eigenvalue weighted by Crippen LogP contribution is 2.26. The summed E-state index contributed by atoms with van der Waals surface area (Å²) in [7, 11) is 0. The van der Waals surface area contributed by atoms with Crippen molar-refractivity contribution in [2.45, 2.75) is 45.3 Å². The number of ether oxygens (including phenoxy) is 1. The number of nitrogens with one attached hydrogen (secondary N) is 1. The summed E-state index contributed by atoms with van der Waals surface area (Å²) >= 11 is 0. The van der Waals surface area contributed by atoms with Gasteiger partial charge in [-0.3, -0.25) is 4.79 Å². The summed E-state index contributed by atoms with van der Waals surface area (Å²) in [6, 6.07) is 11.6. The van der Waals surface area contributed by atoms with Crippen LogP contribution in [0.5, 0.6) is 5.75 Å². The Kier molecular flexibility index (Phi) is 5.36. The summed E-state index contributed by atoms with van der Waals surface area (Å²) in [5.74, 6) is 2.22. The molecular weight excluding hydrogens is 302 g/mol. The fourth-order valence-corrected chi connectivity index (χ4v) is 2.89. The van der Waals surface area contributed by atoms with Crippen LogP contribution >= 0.6 is 0 Å². The molecule has 0 aliphatic heterocycles. The number of hydrogen-bond acceptors (Lipinski definition) is 3. The Balaban J connectivity index is 1.55. The Morgan fingerprint density at radius 3 is 2.79 bits per heavy atom. The number of carbonyl (C=O) groups excluding carboxylic acids is 1. The SMILES string of the molecule is Cc1ccc(/C=C/C(=O)NCc2ccccc2OC2CCCC2)o1. The Morgan fingerprint density at radius 1 is 1.25 bits per heavy atom. The number of benzene rings is 1. The number of hydrogen-bond donors (Lipinski definition) is 1. The van der Waals surface area contributed by atoms with Crippen LogP contribution in [0, 0.1) is 6.92 Å². The van der Waals surface area contributed by atoms with Crippen LogP contribution in [-0.4, -0.2) is 12.0 Å². The predicted octanol–water partition coefficient (Wildman–Crippen LogP) is 4.24. The van der Waals surface area contributed by atoms with Crippen molar-refractivity contribution < 1.29 is 13.9 Å².